The summed E-state index contributed by atoms with van der Waals surface area (Å²) in [5.41, 5.74) is 9.64. The molecule has 1 aliphatic heterocycles. The van der Waals surface area contributed by atoms with Crippen LogP contribution < -0.4 is 16.0 Å². The molecular weight excluding hydrogens is 314 g/mol. The molecule has 2 amide bonds. The molecule has 3 N–H and O–H groups in total. The first kappa shape index (κ1) is 17.0. The highest BCUT2D eigenvalue weighted by Gasteiger charge is 2.23. The highest BCUT2D eigenvalue weighted by atomic mass is 16.2. The van der Waals surface area contributed by atoms with Crippen molar-refractivity contribution < 1.29 is 9.59 Å². The van der Waals surface area contributed by atoms with E-state index in [2.05, 4.69) is 5.32 Å². The standard InChI is InChI=1S/C20H23N3O2/c21-17-8-5-15(6-9-17)11-13-22-19(24)12-14-23-18-4-2-1-3-16(18)7-10-20(23)25/h1-6,8-9H,7,10-14,21H2,(H,22,24). The first-order chi connectivity index (χ1) is 12.1. The molecule has 0 unspecified atom stereocenters. The second kappa shape index (κ2) is 7.83. The molecule has 25 heavy (non-hydrogen) atoms. The maximum absolute atomic E-state index is 12.2. The number of nitrogens with one attached hydrogen (secondary N) is 1. The average Bonchev–Trinajstić information content (AvgIpc) is 2.62. The fraction of sp³-hybridized carbons (Fsp3) is 0.300. The molecule has 0 atom stereocenters. The normalized spacial score (nSPS) is 13.4. The Hall–Kier alpha value is -2.82. The minimum absolute atomic E-state index is 0.0358. The van der Waals surface area contributed by atoms with Gasteiger partial charge in [0.25, 0.3) is 0 Å². The van der Waals surface area contributed by atoms with Gasteiger partial charge in [0, 0.05) is 37.3 Å². The first-order valence-electron chi connectivity index (χ1n) is 8.63. The lowest BCUT2D eigenvalue weighted by molar-refractivity contribution is -0.121. The Morgan fingerprint density at radius 3 is 2.64 bits per heavy atom. The maximum Gasteiger partial charge on any atom is 0.227 e. The number of nitrogens with two attached hydrogens (primary N) is 1. The van der Waals surface area contributed by atoms with Crippen LogP contribution in [0.1, 0.15) is 24.0 Å². The molecule has 0 aliphatic carbocycles. The molecule has 1 heterocycles. The summed E-state index contributed by atoms with van der Waals surface area (Å²) < 4.78 is 0. The number of carbonyl (C=O) groups is 2. The number of para-hydroxylation sites is 1. The minimum atomic E-state index is -0.0358. The predicted molar refractivity (Wildman–Crippen MR) is 99.3 cm³/mol. The van der Waals surface area contributed by atoms with Crippen LogP contribution in [-0.4, -0.2) is 24.9 Å². The number of anilines is 2. The molecule has 0 bridgehead atoms. The molecule has 2 aromatic carbocycles. The number of amides is 2. The average molecular weight is 337 g/mol. The van der Waals surface area contributed by atoms with Crippen LogP contribution >= 0.6 is 0 Å². The molecule has 3 rings (SSSR count). The summed E-state index contributed by atoms with van der Waals surface area (Å²) >= 11 is 0. The van der Waals surface area contributed by atoms with Crippen molar-refractivity contribution in [3.05, 3.63) is 59.7 Å². The van der Waals surface area contributed by atoms with Crippen LogP contribution in [0.25, 0.3) is 0 Å². The fourth-order valence-corrected chi connectivity index (χ4v) is 3.07. The zero-order valence-electron chi connectivity index (χ0n) is 14.2. The van der Waals surface area contributed by atoms with Gasteiger partial charge in [-0.05, 0) is 42.2 Å². The molecular formula is C20H23N3O2. The van der Waals surface area contributed by atoms with Crippen molar-refractivity contribution in [2.24, 2.45) is 0 Å². The van der Waals surface area contributed by atoms with Crippen molar-refractivity contribution in [2.45, 2.75) is 25.7 Å². The van der Waals surface area contributed by atoms with Crippen molar-refractivity contribution >= 4 is 23.2 Å². The first-order valence-corrected chi connectivity index (χ1v) is 8.63. The number of hydrogen-bond acceptors (Lipinski definition) is 3. The third-order valence-electron chi connectivity index (χ3n) is 4.47. The monoisotopic (exact) mass is 337 g/mol. The second-order valence-corrected chi connectivity index (χ2v) is 6.27. The van der Waals surface area contributed by atoms with Crippen molar-refractivity contribution in [2.75, 3.05) is 23.7 Å². The Labute approximate surface area is 147 Å². The van der Waals surface area contributed by atoms with Crippen molar-refractivity contribution in [1.82, 2.24) is 5.32 Å². The van der Waals surface area contributed by atoms with Crippen molar-refractivity contribution in [1.29, 1.82) is 0 Å². The summed E-state index contributed by atoms with van der Waals surface area (Å²) in [5, 5.41) is 2.92. The van der Waals surface area contributed by atoms with Gasteiger partial charge in [-0.25, -0.2) is 0 Å². The Kier molecular flexibility index (Phi) is 5.33. The molecule has 0 aromatic heterocycles. The highest BCUT2D eigenvalue weighted by Crippen LogP contribution is 2.27. The van der Waals surface area contributed by atoms with E-state index < -0.39 is 0 Å². The van der Waals surface area contributed by atoms with E-state index in [-0.39, 0.29) is 11.8 Å². The van der Waals surface area contributed by atoms with E-state index in [0.717, 1.165) is 29.8 Å². The van der Waals surface area contributed by atoms with Crippen molar-refractivity contribution in [3.8, 4) is 0 Å². The summed E-state index contributed by atoms with van der Waals surface area (Å²) in [6.07, 6.45) is 2.36. The number of benzene rings is 2. The summed E-state index contributed by atoms with van der Waals surface area (Å²) in [6.45, 7) is 0.997. The van der Waals surface area contributed by atoms with Crippen LogP contribution in [0.15, 0.2) is 48.5 Å². The second-order valence-electron chi connectivity index (χ2n) is 6.27. The largest absolute Gasteiger partial charge is 0.399 e. The molecule has 0 saturated carbocycles. The Bertz CT molecular complexity index is 756. The Balaban J connectivity index is 1.47. The zero-order chi connectivity index (χ0) is 17.6. The molecule has 2 aromatic rings. The predicted octanol–water partition coefficient (Wildman–Crippen LogP) is 2.30. The topological polar surface area (TPSA) is 75.4 Å². The summed E-state index contributed by atoms with van der Waals surface area (Å²) in [4.78, 5) is 26.0. The van der Waals surface area contributed by atoms with Crippen LogP contribution in [0.5, 0.6) is 0 Å². The van der Waals surface area contributed by atoms with Gasteiger partial charge in [-0.3, -0.25) is 9.59 Å². The molecule has 0 spiro atoms. The summed E-state index contributed by atoms with van der Waals surface area (Å²) in [7, 11) is 0. The number of nitrogen functional groups attached to an aromatic ring is 1. The molecule has 0 saturated heterocycles. The summed E-state index contributed by atoms with van der Waals surface area (Å²) in [5.74, 6) is 0.0553. The third-order valence-corrected chi connectivity index (χ3v) is 4.47. The van der Waals surface area contributed by atoms with E-state index in [0.29, 0.717) is 25.9 Å². The Morgan fingerprint density at radius 2 is 1.84 bits per heavy atom. The molecule has 1 aliphatic rings. The van der Waals surface area contributed by atoms with Gasteiger partial charge in [0.15, 0.2) is 0 Å². The smallest absolute Gasteiger partial charge is 0.227 e. The van der Waals surface area contributed by atoms with Gasteiger partial charge in [0.05, 0.1) is 0 Å². The van der Waals surface area contributed by atoms with Crippen LogP contribution in [0, 0.1) is 0 Å². The van der Waals surface area contributed by atoms with E-state index in [1.165, 1.54) is 5.56 Å². The number of carbonyl (C=O) groups excluding carboxylic acids is 2. The minimum Gasteiger partial charge on any atom is -0.399 e. The molecule has 5 heteroatoms. The molecule has 0 fully saturated rings. The van der Waals surface area contributed by atoms with Gasteiger partial charge in [-0.1, -0.05) is 30.3 Å². The van der Waals surface area contributed by atoms with E-state index in [9.17, 15) is 9.59 Å². The van der Waals surface area contributed by atoms with E-state index in [4.69, 9.17) is 5.73 Å². The number of aryl methyl sites for hydroxylation is 1. The maximum atomic E-state index is 12.2. The zero-order valence-corrected chi connectivity index (χ0v) is 14.2. The Morgan fingerprint density at radius 1 is 1.08 bits per heavy atom. The highest BCUT2D eigenvalue weighted by molar-refractivity contribution is 5.96. The van der Waals surface area contributed by atoms with Gasteiger partial charge in [0.2, 0.25) is 11.8 Å². The fourth-order valence-electron chi connectivity index (χ4n) is 3.07. The number of hydrogen-bond donors (Lipinski definition) is 2. The SMILES string of the molecule is Nc1ccc(CCNC(=O)CCN2C(=O)CCc3ccccc32)cc1. The number of rotatable bonds is 6. The molecule has 0 radical (unpaired) electrons. The lowest BCUT2D eigenvalue weighted by Gasteiger charge is -2.29. The number of nitrogens with zero attached hydrogens (tertiary/aromatic N) is 1. The van der Waals surface area contributed by atoms with Crippen LogP contribution in [0.2, 0.25) is 0 Å². The molecule has 130 valence electrons. The van der Waals surface area contributed by atoms with Gasteiger partial charge in [-0.15, -0.1) is 0 Å². The van der Waals surface area contributed by atoms with Crippen LogP contribution in [-0.2, 0) is 22.4 Å². The quantitative estimate of drug-likeness (QED) is 0.794. The third kappa shape index (κ3) is 4.38. The van der Waals surface area contributed by atoms with E-state index in [1.54, 1.807) is 4.90 Å². The van der Waals surface area contributed by atoms with Gasteiger partial charge in [-0.2, -0.15) is 0 Å². The van der Waals surface area contributed by atoms with Crippen LogP contribution in [0.4, 0.5) is 11.4 Å². The van der Waals surface area contributed by atoms with Gasteiger partial charge < -0.3 is 16.0 Å². The van der Waals surface area contributed by atoms with Gasteiger partial charge in [0.1, 0.15) is 0 Å². The van der Waals surface area contributed by atoms with Crippen LogP contribution in [0.3, 0.4) is 0 Å². The number of fused-ring (bicyclic) bond motifs is 1. The van der Waals surface area contributed by atoms with Crippen molar-refractivity contribution in [3.63, 3.8) is 0 Å². The summed E-state index contributed by atoms with van der Waals surface area (Å²) in [6, 6.07) is 15.5. The lowest BCUT2D eigenvalue weighted by Crippen LogP contribution is -2.38. The lowest BCUT2D eigenvalue weighted by atomic mass is 10.0. The van der Waals surface area contributed by atoms with E-state index in [1.807, 2.05) is 48.5 Å². The van der Waals surface area contributed by atoms with E-state index >= 15 is 0 Å². The van der Waals surface area contributed by atoms with Gasteiger partial charge >= 0.3 is 0 Å². The molecule has 5 nitrogen and oxygen atoms in total.